The second-order valence-electron chi connectivity index (χ2n) is 2.67. The van der Waals surface area contributed by atoms with Gasteiger partial charge in [0.1, 0.15) is 0 Å². The van der Waals surface area contributed by atoms with Crippen LogP contribution in [0.15, 0.2) is 0 Å². The molecule has 1 atom stereocenters. The average Bonchev–Trinajstić information content (AvgIpc) is 1.89. The number of methoxy groups -OCH3 is 1. The van der Waals surface area contributed by atoms with Crippen molar-refractivity contribution < 1.29 is 9.47 Å². The molecular formula is C8H18O2. The van der Waals surface area contributed by atoms with E-state index >= 15 is 0 Å². The lowest BCUT2D eigenvalue weighted by Crippen LogP contribution is -2.33. The Morgan fingerprint density at radius 1 is 1.30 bits per heavy atom. The summed E-state index contributed by atoms with van der Waals surface area (Å²) in [6, 6.07) is 0. The van der Waals surface area contributed by atoms with Crippen LogP contribution in [-0.4, -0.2) is 25.9 Å². The smallest absolute Gasteiger partial charge is 0.0883 e. The summed E-state index contributed by atoms with van der Waals surface area (Å²) < 4.78 is 10.5. The van der Waals surface area contributed by atoms with E-state index in [1.807, 2.05) is 6.92 Å². The Bertz CT molecular complexity index is 75.3. The molecule has 0 aliphatic rings. The second kappa shape index (κ2) is 4.69. The van der Waals surface area contributed by atoms with Crippen molar-refractivity contribution >= 4 is 0 Å². The highest BCUT2D eigenvalue weighted by atomic mass is 16.5. The molecule has 0 amide bonds. The van der Waals surface area contributed by atoms with Gasteiger partial charge in [-0.1, -0.05) is 6.92 Å². The van der Waals surface area contributed by atoms with Gasteiger partial charge in [-0.3, -0.25) is 0 Å². The predicted octanol–water partition coefficient (Wildman–Crippen LogP) is 1.84. The number of ether oxygens (including phenoxy) is 2. The van der Waals surface area contributed by atoms with Gasteiger partial charge in [0.25, 0.3) is 0 Å². The molecule has 2 heteroatoms. The Morgan fingerprint density at radius 2 is 1.90 bits per heavy atom. The Kier molecular flexibility index (Phi) is 4.65. The zero-order valence-corrected chi connectivity index (χ0v) is 7.44. The van der Waals surface area contributed by atoms with Gasteiger partial charge in [-0.15, -0.1) is 0 Å². The SMILES string of the molecule is CCOC(C)(CC)COC. The Hall–Kier alpha value is -0.0800. The summed E-state index contributed by atoms with van der Waals surface area (Å²) in [6.07, 6.45) is 0.995. The molecule has 0 aliphatic heterocycles. The highest BCUT2D eigenvalue weighted by Gasteiger charge is 2.21. The number of rotatable bonds is 5. The second-order valence-corrected chi connectivity index (χ2v) is 2.67. The maximum Gasteiger partial charge on any atom is 0.0883 e. The predicted molar refractivity (Wildman–Crippen MR) is 42.2 cm³/mol. The highest BCUT2D eigenvalue weighted by Crippen LogP contribution is 2.14. The topological polar surface area (TPSA) is 18.5 Å². The minimum atomic E-state index is -0.0799. The van der Waals surface area contributed by atoms with Crippen molar-refractivity contribution in [2.24, 2.45) is 0 Å². The van der Waals surface area contributed by atoms with Gasteiger partial charge in [0.05, 0.1) is 12.2 Å². The monoisotopic (exact) mass is 146 g/mol. The quantitative estimate of drug-likeness (QED) is 0.589. The molecule has 0 N–H and O–H groups in total. The van der Waals surface area contributed by atoms with Gasteiger partial charge in [-0.05, 0) is 20.3 Å². The van der Waals surface area contributed by atoms with Crippen molar-refractivity contribution in [3.05, 3.63) is 0 Å². The highest BCUT2D eigenvalue weighted by molar-refractivity contribution is 4.71. The van der Waals surface area contributed by atoms with Gasteiger partial charge in [-0.2, -0.15) is 0 Å². The van der Waals surface area contributed by atoms with Crippen molar-refractivity contribution in [3.8, 4) is 0 Å². The molecule has 0 saturated carbocycles. The number of hydrogen-bond acceptors (Lipinski definition) is 2. The normalized spacial score (nSPS) is 16.8. The van der Waals surface area contributed by atoms with E-state index in [1.54, 1.807) is 7.11 Å². The third kappa shape index (κ3) is 3.18. The van der Waals surface area contributed by atoms with Gasteiger partial charge in [-0.25, -0.2) is 0 Å². The maximum absolute atomic E-state index is 5.49. The van der Waals surface area contributed by atoms with Crippen LogP contribution in [-0.2, 0) is 9.47 Å². The third-order valence-corrected chi connectivity index (χ3v) is 1.69. The van der Waals surface area contributed by atoms with Gasteiger partial charge < -0.3 is 9.47 Å². The van der Waals surface area contributed by atoms with Crippen LogP contribution in [0.4, 0.5) is 0 Å². The zero-order valence-electron chi connectivity index (χ0n) is 7.44. The van der Waals surface area contributed by atoms with E-state index < -0.39 is 0 Å². The molecule has 0 spiro atoms. The molecular weight excluding hydrogens is 128 g/mol. The van der Waals surface area contributed by atoms with Crippen LogP contribution in [0, 0.1) is 0 Å². The van der Waals surface area contributed by atoms with Crippen LogP contribution in [0.2, 0.25) is 0 Å². The van der Waals surface area contributed by atoms with Crippen LogP contribution >= 0.6 is 0 Å². The molecule has 2 nitrogen and oxygen atoms in total. The van der Waals surface area contributed by atoms with Crippen LogP contribution in [0.1, 0.15) is 27.2 Å². The van der Waals surface area contributed by atoms with Crippen LogP contribution in [0.25, 0.3) is 0 Å². The Labute approximate surface area is 63.5 Å². The summed E-state index contributed by atoms with van der Waals surface area (Å²) in [4.78, 5) is 0. The van der Waals surface area contributed by atoms with E-state index in [0.717, 1.165) is 13.0 Å². The molecule has 10 heavy (non-hydrogen) atoms. The first-order chi connectivity index (χ1) is 4.68. The molecule has 0 radical (unpaired) electrons. The van der Waals surface area contributed by atoms with E-state index in [9.17, 15) is 0 Å². The molecule has 0 aliphatic carbocycles. The fraction of sp³-hybridized carbons (Fsp3) is 1.00. The summed E-state index contributed by atoms with van der Waals surface area (Å²) in [5.74, 6) is 0. The summed E-state index contributed by atoms with van der Waals surface area (Å²) in [7, 11) is 1.70. The minimum absolute atomic E-state index is 0.0799. The van der Waals surface area contributed by atoms with E-state index in [1.165, 1.54) is 0 Å². The van der Waals surface area contributed by atoms with Crippen molar-refractivity contribution in [2.45, 2.75) is 32.8 Å². The van der Waals surface area contributed by atoms with Gasteiger partial charge in [0, 0.05) is 13.7 Å². The van der Waals surface area contributed by atoms with Crippen LogP contribution < -0.4 is 0 Å². The first-order valence-corrected chi connectivity index (χ1v) is 3.81. The van der Waals surface area contributed by atoms with Crippen molar-refractivity contribution in [3.63, 3.8) is 0 Å². The van der Waals surface area contributed by atoms with Crippen molar-refractivity contribution in [1.29, 1.82) is 0 Å². The van der Waals surface area contributed by atoms with E-state index in [4.69, 9.17) is 9.47 Å². The molecule has 0 aromatic rings. The Morgan fingerprint density at radius 3 is 2.20 bits per heavy atom. The first kappa shape index (κ1) is 9.92. The molecule has 0 bridgehead atoms. The summed E-state index contributed by atoms with van der Waals surface area (Å²) in [6.45, 7) is 7.61. The molecule has 0 fully saturated rings. The molecule has 0 rings (SSSR count). The van der Waals surface area contributed by atoms with Crippen molar-refractivity contribution in [2.75, 3.05) is 20.3 Å². The summed E-state index contributed by atoms with van der Waals surface area (Å²) in [5.41, 5.74) is -0.0799. The molecule has 1 unspecified atom stereocenters. The standard InChI is InChI=1S/C8H18O2/c1-5-8(3,7-9-4)10-6-2/h5-7H2,1-4H3. The summed E-state index contributed by atoms with van der Waals surface area (Å²) >= 11 is 0. The molecule has 0 aromatic carbocycles. The van der Waals surface area contributed by atoms with Crippen LogP contribution in [0.3, 0.4) is 0 Å². The third-order valence-electron chi connectivity index (χ3n) is 1.69. The maximum atomic E-state index is 5.49. The first-order valence-electron chi connectivity index (χ1n) is 3.81. The lowest BCUT2D eigenvalue weighted by Gasteiger charge is -2.26. The van der Waals surface area contributed by atoms with Crippen molar-refractivity contribution in [1.82, 2.24) is 0 Å². The molecule has 0 aromatic heterocycles. The van der Waals surface area contributed by atoms with E-state index in [-0.39, 0.29) is 5.60 Å². The largest absolute Gasteiger partial charge is 0.382 e. The lowest BCUT2D eigenvalue weighted by atomic mass is 10.1. The average molecular weight is 146 g/mol. The molecule has 62 valence electrons. The fourth-order valence-electron chi connectivity index (χ4n) is 0.900. The lowest BCUT2D eigenvalue weighted by molar-refractivity contribution is -0.0742. The Balaban J connectivity index is 3.69. The van der Waals surface area contributed by atoms with E-state index in [2.05, 4.69) is 13.8 Å². The molecule has 0 saturated heterocycles. The number of hydrogen-bond donors (Lipinski definition) is 0. The fourth-order valence-corrected chi connectivity index (χ4v) is 0.900. The minimum Gasteiger partial charge on any atom is -0.382 e. The zero-order chi connectivity index (χ0) is 8.04. The molecule has 0 heterocycles. The summed E-state index contributed by atoms with van der Waals surface area (Å²) in [5, 5.41) is 0. The van der Waals surface area contributed by atoms with Crippen LogP contribution in [0.5, 0.6) is 0 Å². The van der Waals surface area contributed by atoms with Gasteiger partial charge in [0.2, 0.25) is 0 Å². The van der Waals surface area contributed by atoms with Gasteiger partial charge >= 0.3 is 0 Å². The van der Waals surface area contributed by atoms with Gasteiger partial charge in [0.15, 0.2) is 0 Å². The van der Waals surface area contributed by atoms with E-state index in [0.29, 0.717) is 6.61 Å².